The van der Waals surface area contributed by atoms with Crippen LogP contribution in [0.15, 0.2) is 0 Å². The van der Waals surface area contributed by atoms with Gasteiger partial charge in [0.2, 0.25) is 5.91 Å². The third-order valence-electron chi connectivity index (χ3n) is 1.89. The fourth-order valence-electron chi connectivity index (χ4n) is 1.21. The van der Waals surface area contributed by atoms with Crippen molar-refractivity contribution in [3.63, 3.8) is 0 Å². The quantitative estimate of drug-likeness (QED) is 0.530. The largest absolute Gasteiger partial charge is 0.353 e. The fourth-order valence-corrected chi connectivity index (χ4v) is 1.21. The molecule has 0 saturated carbocycles. The van der Waals surface area contributed by atoms with Crippen LogP contribution in [0, 0.1) is 0 Å². The van der Waals surface area contributed by atoms with Gasteiger partial charge in [-0.2, -0.15) is 0 Å². The molecule has 4 heteroatoms. The van der Waals surface area contributed by atoms with Gasteiger partial charge in [0.05, 0.1) is 12.6 Å². The molecule has 1 amide bonds. The topological polar surface area (TPSA) is 49.4 Å². The highest BCUT2D eigenvalue weighted by atomic mass is 16.2. The Hall–Kier alpha value is -0.900. The average Bonchev–Trinajstić information content (AvgIpc) is 1.85. The van der Waals surface area contributed by atoms with Crippen LogP contribution in [0.4, 0.5) is 0 Å². The normalized spacial score (nSPS) is 26.4. The molecular weight excluding hydrogens is 144 g/mol. The molecule has 0 bridgehead atoms. The summed E-state index contributed by atoms with van der Waals surface area (Å²) >= 11 is 0. The van der Waals surface area contributed by atoms with Gasteiger partial charge in [-0.1, -0.05) is 0 Å². The van der Waals surface area contributed by atoms with Crippen molar-refractivity contribution in [3.8, 4) is 0 Å². The van der Waals surface area contributed by atoms with E-state index in [9.17, 15) is 9.59 Å². The Morgan fingerprint density at radius 3 is 2.82 bits per heavy atom. The summed E-state index contributed by atoms with van der Waals surface area (Å²) in [5, 5.41) is 2.64. The number of amides is 1. The highest BCUT2D eigenvalue weighted by molar-refractivity contribution is 5.86. The molecule has 1 N–H and O–H groups in total. The Kier molecular flexibility index (Phi) is 2.24. The minimum Gasteiger partial charge on any atom is -0.353 e. The van der Waals surface area contributed by atoms with Crippen LogP contribution in [0.3, 0.4) is 0 Å². The maximum absolute atomic E-state index is 10.9. The SMILES string of the molecule is CC(=O)C1CNC(=O)CN1C. The lowest BCUT2D eigenvalue weighted by Gasteiger charge is -2.30. The number of nitrogens with one attached hydrogen (secondary N) is 1. The number of likely N-dealkylation sites (N-methyl/N-ethyl adjacent to an activating group) is 1. The Balaban J connectivity index is 2.57. The molecule has 1 aliphatic rings. The molecule has 1 saturated heterocycles. The van der Waals surface area contributed by atoms with Gasteiger partial charge in [0.15, 0.2) is 0 Å². The van der Waals surface area contributed by atoms with Crippen molar-refractivity contribution in [1.82, 2.24) is 10.2 Å². The van der Waals surface area contributed by atoms with Gasteiger partial charge in [-0.15, -0.1) is 0 Å². The predicted molar refractivity (Wildman–Crippen MR) is 40.1 cm³/mol. The highest BCUT2D eigenvalue weighted by Gasteiger charge is 2.26. The van der Waals surface area contributed by atoms with Crippen LogP contribution in [0.5, 0.6) is 0 Å². The van der Waals surface area contributed by atoms with E-state index in [1.807, 2.05) is 0 Å². The average molecular weight is 156 g/mol. The molecule has 0 radical (unpaired) electrons. The van der Waals surface area contributed by atoms with Crippen molar-refractivity contribution in [1.29, 1.82) is 0 Å². The number of hydrogen-bond donors (Lipinski definition) is 1. The van der Waals surface area contributed by atoms with E-state index in [-0.39, 0.29) is 17.7 Å². The van der Waals surface area contributed by atoms with E-state index in [1.54, 1.807) is 18.9 Å². The Bertz CT molecular complexity index is 191. The molecule has 1 aliphatic heterocycles. The molecule has 0 spiro atoms. The van der Waals surface area contributed by atoms with E-state index >= 15 is 0 Å². The van der Waals surface area contributed by atoms with E-state index in [4.69, 9.17) is 0 Å². The standard InChI is InChI=1S/C7H12N2O2/c1-5(10)6-3-8-7(11)4-9(6)2/h6H,3-4H2,1-2H3,(H,8,11). The first-order chi connectivity index (χ1) is 5.11. The maximum atomic E-state index is 10.9. The zero-order valence-electron chi connectivity index (χ0n) is 6.76. The van der Waals surface area contributed by atoms with E-state index in [2.05, 4.69) is 5.32 Å². The lowest BCUT2D eigenvalue weighted by Crippen LogP contribution is -2.55. The van der Waals surface area contributed by atoms with Crippen LogP contribution in [-0.2, 0) is 9.59 Å². The number of ketones is 1. The predicted octanol–water partition coefficient (Wildman–Crippen LogP) is -0.994. The first-order valence-corrected chi connectivity index (χ1v) is 3.58. The second-order valence-corrected chi connectivity index (χ2v) is 2.85. The molecule has 62 valence electrons. The summed E-state index contributed by atoms with van der Waals surface area (Å²) in [6, 6.07) is -0.132. The minimum atomic E-state index is -0.132. The van der Waals surface area contributed by atoms with Gasteiger partial charge < -0.3 is 5.32 Å². The van der Waals surface area contributed by atoms with E-state index in [0.717, 1.165) is 0 Å². The van der Waals surface area contributed by atoms with Gasteiger partial charge in [-0.05, 0) is 14.0 Å². The smallest absolute Gasteiger partial charge is 0.234 e. The first-order valence-electron chi connectivity index (χ1n) is 3.58. The fraction of sp³-hybridized carbons (Fsp3) is 0.714. The monoisotopic (exact) mass is 156 g/mol. The van der Waals surface area contributed by atoms with Crippen molar-refractivity contribution < 1.29 is 9.59 Å². The molecule has 1 rings (SSSR count). The lowest BCUT2D eigenvalue weighted by molar-refractivity contribution is -0.129. The number of piperazine rings is 1. The van der Waals surface area contributed by atoms with E-state index < -0.39 is 0 Å². The van der Waals surface area contributed by atoms with Gasteiger partial charge in [0, 0.05) is 6.54 Å². The van der Waals surface area contributed by atoms with Crippen molar-refractivity contribution in [2.24, 2.45) is 0 Å². The summed E-state index contributed by atoms with van der Waals surface area (Å²) in [7, 11) is 1.78. The third kappa shape index (κ3) is 1.77. The van der Waals surface area contributed by atoms with Crippen molar-refractivity contribution in [2.45, 2.75) is 13.0 Å². The van der Waals surface area contributed by atoms with Gasteiger partial charge in [0.25, 0.3) is 0 Å². The Morgan fingerprint density at radius 2 is 2.36 bits per heavy atom. The Labute approximate surface area is 65.6 Å². The molecule has 4 nitrogen and oxygen atoms in total. The van der Waals surface area contributed by atoms with E-state index in [1.165, 1.54) is 0 Å². The molecule has 11 heavy (non-hydrogen) atoms. The number of carbonyl (C=O) groups is 2. The van der Waals surface area contributed by atoms with Crippen LogP contribution >= 0.6 is 0 Å². The summed E-state index contributed by atoms with van der Waals surface area (Å²) in [6.45, 7) is 2.31. The van der Waals surface area contributed by atoms with Gasteiger partial charge in [-0.3, -0.25) is 14.5 Å². The zero-order valence-corrected chi connectivity index (χ0v) is 6.76. The second-order valence-electron chi connectivity index (χ2n) is 2.85. The molecule has 0 aromatic carbocycles. The van der Waals surface area contributed by atoms with Crippen molar-refractivity contribution >= 4 is 11.7 Å². The molecule has 1 heterocycles. The van der Waals surface area contributed by atoms with E-state index in [0.29, 0.717) is 13.1 Å². The summed E-state index contributed by atoms with van der Waals surface area (Å²) in [5.41, 5.74) is 0. The van der Waals surface area contributed by atoms with Crippen molar-refractivity contribution in [2.75, 3.05) is 20.1 Å². The Morgan fingerprint density at radius 1 is 1.73 bits per heavy atom. The summed E-state index contributed by atoms with van der Waals surface area (Å²) in [4.78, 5) is 23.5. The molecule has 0 aromatic heterocycles. The number of Topliss-reactive ketones (excluding diaryl/α,β-unsaturated/α-hetero) is 1. The van der Waals surface area contributed by atoms with Crippen LogP contribution in [0.2, 0.25) is 0 Å². The van der Waals surface area contributed by atoms with Crippen LogP contribution in [0.25, 0.3) is 0 Å². The lowest BCUT2D eigenvalue weighted by atomic mass is 10.1. The van der Waals surface area contributed by atoms with Gasteiger partial charge in [0.1, 0.15) is 5.78 Å². The molecule has 1 atom stereocenters. The molecule has 1 fully saturated rings. The van der Waals surface area contributed by atoms with Crippen LogP contribution in [-0.4, -0.2) is 42.8 Å². The molecular formula is C7H12N2O2. The summed E-state index contributed by atoms with van der Waals surface area (Å²) in [5.74, 6) is 0.0949. The molecule has 0 aliphatic carbocycles. The number of hydrogen-bond acceptors (Lipinski definition) is 3. The first kappa shape index (κ1) is 8.20. The summed E-state index contributed by atoms with van der Waals surface area (Å²) < 4.78 is 0. The maximum Gasteiger partial charge on any atom is 0.234 e. The summed E-state index contributed by atoms with van der Waals surface area (Å²) in [6.07, 6.45) is 0. The number of carbonyl (C=O) groups excluding carboxylic acids is 2. The highest BCUT2D eigenvalue weighted by Crippen LogP contribution is 2.00. The third-order valence-corrected chi connectivity index (χ3v) is 1.89. The number of rotatable bonds is 1. The van der Waals surface area contributed by atoms with Crippen LogP contribution in [0.1, 0.15) is 6.92 Å². The number of nitrogens with zero attached hydrogens (tertiary/aromatic N) is 1. The second kappa shape index (κ2) is 3.00. The van der Waals surface area contributed by atoms with Crippen LogP contribution < -0.4 is 5.32 Å². The minimum absolute atomic E-state index is 0.00926. The molecule has 1 unspecified atom stereocenters. The van der Waals surface area contributed by atoms with Gasteiger partial charge in [-0.25, -0.2) is 0 Å². The van der Waals surface area contributed by atoms with Crippen molar-refractivity contribution in [3.05, 3.63) is 0 Å². The zero-order chi connectivity index (χ0) is 8.43. The molecule has 0 aromatic rings. The van der Waals surface area contributed by atoms with Gasteiger partial charge >= 0.3 is 0 Å².